The fourth-order valence-corrected chi connectivity index (χ4v) is 3.43. The zero-order valence-electron chi connectivity index (χ0n) is 14.4. The summed E-state index contributed by atoms with van der Waals surface area (Å²) in [5, 5.41) is 1.70. The summed E-state index contributed by atoms with van der Waals surface area (Å²) in [5.74, 6) is 1.08. The molecule has 3 aromatic rings. The number of halogens is 3. The number of allylic oxidation sites excluding steroid dienone is 1. The molecule has 0 atom stereocenters. The van der Waals surface area contributed by atoms with Crippen LogP contribution in [0.1, 0.15) is 21.5 Å². The SMILES string of the molecule is O=C1/C(=C/c2ccc(Cl)cc2)Oc2cc(OCc3c(Cl)cccc3Cl)ccc21. The van der Waals surface area contributed by atoms with E-state index in [1.54, 1.807) is 54.6 Å². The van der Waals surface area contributed by atoms with Gasteiger partial charge in [-0.15, -0.1) is 0 Å². The monoisotopic (exact) mass is 430 g/mol. The molecule has 4 rings (SSSR count). The van der Waals surface area contributed by atoms with Gasteiger partial charge in [-0.3, -0.25) is 4.79 Å². The van der Waals surface area contributed by atoms with Crippen molar-refractivity contribution in [2.45, 2.75) is 6.61 Å². The van der Waals surface area contributed by atoms with Gasteiger partial charge in [0.2, 0.25) is 5.78 Å². The lowest BCUT2D eigenvalue weighted by molar-refractivity contribution is 0.101. The summed E-state index contributed by atoms with van der Waals surface area (Å²) in [6.45, 7) is 0.207. The van der Waals surface area contributed by atoms with Crippen molar-refractivity contribution in [1.29, 1.82) is 0 Å². The maximum absolute atomic E-state index is 12.6. The van der Waals surface area contributed by atoms with Crippen LogP contribution in [-0.4, -0.2) is 5.78 Å². The molecule has 0 saturated carbocycles. The number of fused-ring (bicyclic) bond motifs is 1. The summed E-state index contributed by atoms with van der Waals surface area (Å²) in [6.07, 6.45) is 1.68. The molecule has 0 spiro atoms. The van der Waals surface area contributed by atoms with Crippen molar-refractivity contribution in [3.8, 4) is 11.5 Å². The first-order valence-electron chi connectivity index (χ1n) is 8.41. The number of hydrogen-bond donors (Lipinski definition) is 0. The third-order valence-electron chi connectivity index (χ3n) is 4.25. The molecule has 0 fully saturated rings. The molecule has 0 amide bonds. The number of benzene rings is 3. The van der Waals surface area contributed by atoms with E-state index < -0.39 is 0 Å². The second-order valence-electron chi connectivity index (χ2n) is 6.14. The Labute approximate surface area is 177 Å². The van der Waals surface area contributed by atoms with E-state index >= 15 is 0 Å². The van der Waals surface area contributed by atoms with Gasteiger partial charge in [0.25, 0.3) is 0 Å². The van der Waals surface area contributed by atoms with E-state index in [2.05, 4.69) is 0 Å². The highest BCUT2D eigenvalue weighted by Crippen LogP contribution is 2.35. The van der Waals surface area contributed by atoms with Crippen molar-refractivity contribution in [3.63, 3.8) is 0 Å². The molecule has 0 unspecified atom stereocenters. The molecule has 0 N–H and O–H groups in total. The van der Waals surface area contributed by atoms with Crippen LogP contribution in [-0.2, 0) is 6.61 Å². The Bertz CT molecular complexity index is 1070. The minimum absolute atomic E-state index is 0.175. The average molecular weight is 432 g/mol. The molecule has 0 radical (unpaired) electrons. The Kier molecular flexibility index (Phi) is 5.31. The van der Waals surface area contributed by atoms with Crippen molar-refractivity contribution >= 4 is 46.7 Å². The van der Waals surface area contributed by atoms with Crippen LogP contribution >= 0.6 is 34.8 Å². The van der Waals surface area contributed by atoms with Crippen LogP contribution in [0.2, 0.25) is 15.1 Å². The molecule has 0 aliphatic carbocycles. The van der Waals surface area contributed by atoms with Gasteiger partial charge >= 0.3 is 0 Å². The Morgan fingerprint density at radius 2 is 1.64 bits per heavy atom. The number of rotatable bonds is 4. The van der Waals surface area contributed by atoms with E-state index in [0.29, 0.717) is 37.7 Å². The van der Waals surface area contributed by atoms with Crippen LogP contribution < -0.4 is 9.47 Å². The third-order valence-corrected chi connectivity index (χ3v) is 5.21. The second kappa shape index (κ2) is 7.88. The Morgan fingerprint density at radius 3 is 2.36 bits per heavy atom. The number of ketones is 1. The fourth-order valence-electron chi connectivity index (χ4n) is 2.79. The summed E-state index contributed by atoms with van der Waals surface area (Å²) in [4.78, 5) is 12.6. The summed E-state index contributed by atoms with van der Waals surface area (Å²) in [5.41, 5.74) is 2.01. The van der Waals surface area contributed by atoms with E-state index in [9.17, 15) is 4.79 Å². The first kappa shape index (κ1) is 18.9. The van der Waals surface area contributed by atoms with Crippen molar-refractivity contribution in [2.75, 3.05) is 0 Å². The average Bonchev–Trinajstić information content (AvgIpc) is 2.98. The fraction of sp³-hybridized carbons (Fsp3) is 0.0455. The van der Waals surface area contributed by atoms with Crippen LogP contribution in [0.15, 0.2) is 66.4 Å². The van der Waals surface area contributed by atoms with Crippen molar-refractivity contribution in [1.82, 2.24) is 0 Å². The third kappa shape index (κ3) is 3.88. The Balaban J connectivity index is 1.53. The standard InChI is InChI=1S/C22H13Cl3O3/c23-14-6-4-13(5-7-14)10-21-22(26)16-9-8-15(11-20(16)28-21)27-12-17-18(24)2-1-3-19(17)25/h1-11H,12H2/b21-10-. The van der Waals surface area contributed by atoms with Crippen molar-refractivity contribution in [3.05, 3.63) is 98.2 Å². The van der Waals surface area contributed by atoms with Crippen LogP contribution in [0.5, 0.6) is 11.5 Å². The summed E-state index contributed by atoms with van der Waals surface area (Å²) in [6, 6.07) is 17.5. The summed E-state index contributed by atoms with van der Waals surface area (Å²) in [7, 11) is 0. The van der Waals surface area contributed by atoms with Gasteiger partial charge in [-0.25, -0.2) is 0 Å². The van der Waals surface area contributed by atoms with E-state index in [0.717, 1.165) is 5.56 Å². The molecular formula is C22H13Cl3O3. The molecule has 0 aromatic heterocycles. The molecule has 3 nitrogen and oxygen atoms in total. The predicted molar refractivity (Wildman–Crippen MR) is 112 cm³/mol. The maximum Gasteiger partial charge on any atom is 0.231 e. The van der Waals surface area contributed by atoms with Gasteiger partial charge in [-0.1, -0.05) is 53.0 Å². The van der Waals surface area contributed by atoms with Crippen molar-refractivity contribution < 1.29 is 14.3 Å². The highest BCUT2D eigenvalue weighted by atomic mass is 35.5. The summed E-state index contributed by atoms with van der Waals surface area (Å²) < 4.78 is 11.5. The minimum atomic E-state index is -0.175. The van der Waals surface area contributed by atoms with Crippen LogP contribution in [0, 0.1) is 0 Å². The minimum Gasteiger partial charge on any atom is -0.489 e. The first-order chi connectivity index (χ1) is 13.5. The van der Waals surface area contributed by atoms with Crippen LogP contribution in [0.25, 0.3) is 6.08 Å². The number of hydrogen-bond acceptors (Lipinski definition) is 3. The van der Waals surface area contributed by atoms with E-state index in [-0.39, 0.29) is 18.1 Å². The molecule has 1 heterocycles. The van der Waals surface area contributed by atoms with Gasteiger partial charge in [-0.05, 0) is 48.0 Å². The van der Waals surface area contributed by atoms with E-state index in [4.69, 9.17) is 44.3 Å². The molecular weight excluding hydrogens is 419 g/mol. The molecule has 6 heteroatoms. The Hall–Kier alpha value is -2.46. The summed E-state index contributed by atoms with van der Waals surface area (Å²) >= 11 is 18.2. The number of ether oxygens (including phenoxy) is 2. The number of carbonyl (C=O) groups is 1. The first-order valence-corrected chi connectivity index (χ1v) is 9.54. The molecule has 0 bridgehead atoms. The van der Waals surface area contributed by atoms with Gasteiger partial charge in [-0.2, -0.15) is 0 Å². The van der Waals surface area contributed by atoms with Crippen molar-refractivity contribution in [2.24, 2.45) is 0 Å². The zero-order chi connectivity index (χ0) is 19.7. The molecule has 3 aromatic carbocycles. The molecule has 0 saturated heterocycles. The number of carbonyl (C=O) groups excluding carboxylic acids is 1. The van der Waals surface area contributed by atoms with Gasteiger partial charge in [0, 0.05) is 26.7 Å². The smallest absolute Gasteiger partial charge is 0.231 e. The molecule has 1 aliphatic heterocycles. The lowest BCUT2D eigenvalue weighted by atomic mass is 10.1. The largest absolute Gasteiger partial charge is 0.489 e. The van der Waals surface area contributed by atoms with Gasteiger partial charge in [0.15, 0.2) is 5.76 Å². The molecule has 1 aliphatic rings. The normalized spacial score (nSPS) is 14.1. The zero-order valence-corrected chi connectivity index (χ0v) is 16.7. The maximum atomic E-state index is 12.6. The van der Waals surface area contributed by atoms with Gasteiger partial charge in [0.05, 0.1) is 5.56 Å². The molecule has 140 valence electrons. The topological polar surface area (TPSA) is 35.5 Å². The van der Waals surface area contributed by atoms with Gasteiger partial charge < -0.3 is 9.47 Å². The van der Waals surface area contributed by atoms with Crippen LogP contribution in [0.3, 0.4) is 0 Å². The number of Topliss-reactive ketones (excluding diaryl/α,β-unsaturated/α-hetero) is 1. The highest BCUT2D eigenvalue weighted by Gasteiger charge is 2.27. The predicted octanol–water partition coefficient (Wildman–Crippen LogP) is 6.84. The highest BCUT2D eigenvalue weighted by molar-refractivity contribution is 6.36. The molecule has 28 heavy (non-hydrogen) atoms. The quantitative estimate of drug-likeness (QED) is 0.424. The van der Waals surface area contributed by atoms with Gasteiger partial charge in [0.1, 0.15) is 18.1 Å². The second-order valence-corrected chi connectivity index (χ2v) is 7.39. The van der Waals surface area contributed by atoms with Crippen LogP contribution in [0.4, 0.5) is 0 Å². The lowest BCUT2D eigenvalue weighted by Crippen LogP contribution is -1.98. The Morgan fingerprint density at radius 1 is 0.929 bits per heavy atom. The lowest BCUT2D eigenvalue weighted by Gasteiger charge is -2.10. The van der Waals surface area contributed by atoms with E-state index in [1.165, 1.54) is 0 Å². The van der Waals surface area contributed by atoms with E-state index in [1.807, 2.05) is 12.1 Å².